The molecule has 0 spiro atoms. The largest absolute Gasteiger partial charge is 0.302 e. The number of nitrogens with zero attached hydrogens (tertiary/aromatic N) is 1. The number of fused-ring (bicyclic) bond motifs is 1. The van der Waals surface area contributed by atoms with Gasteiger partial charge in [-0.3, -0.25) is 4.98 Å². The first-order valence-electron chi connectivity index (χ1n) is 8.04. The fourth-order valence-electron chi connectivity index (χ4n) is 3.26. The third-order valence-electron chi connectivity index (χ3n) is 4.49. The van der Waals surface area contributed by atoms with Gasteiger partial charge >= 0.3 is 0 Å². The summed E-state index contributed by atoms with van der Waals surface area (Å²) in [7, 11) is 0. The lowest BCUT2D eigenvalue weighted by Crippen LogP contribution is -2.29. The van der Waals surface area contributed by atoms with Crippen molar-refractivity contribution in [2.24, 2.45) is 0 Å². The van der Waals surface area contributed by atoms with Crippen LogP contribution in [-0.2, 0) is 6.42 Å². The van der Waals surface area contributed by atoms with E-state index in [4.69, 9.17) is 0 Å². The molecule has 1 aromatic carbocycles. The fourth-order valence-corrected chi connectivity index (χ4v) is 3.26. The lowest BCUT2D eigenvalue weighted by Gasteiger charge is -2.29. The topological polar surface area (TPSA) is 24.9 Å². The predicted octanol–water partition coefficient (Wildman–Crippen LogP) is 4.51. The summed E-state index contributed by atoms with van der Waals surface area (Å²) in [6, 6.07) is 14.0. The Kier molecular flexibility index (Phi) is 4.35. The number of aromatic nitrogens is 1. The molecular weight excluding hydrogens is 256 g/mol. The predicted molar refractivity (Wildman–Crippen MR) is 87.3 cm³/mol. The molecule has 21 heavy (non-hydrogen) atoms. The van der Waals surface area contributed by atoms with Gasteiger partial charge in [-0.1, -0.05) is 42.8 Å². The highest BCUT2D eigenvalue weighted by atomic mass is 15.0. The van der Waals surface area contributed by atoms with Crippen LogP contribution in [0.25, 0.3) is 0 Å². The van der Waals surface area contributed by atoms with Crippen LogP contribution in [0, 0.1) is 6.92 Å². The van der Waals surface area contributed by atoms with Crippen LogP contribution in [0.3, 0.4) is 0 Å². The van der Waals surface area contributed by atoms with Gasteiger partial charge in [0.15, 0.2) is 0 Å². The number of nitrogens with one attached hydrogen (secondary N) is 1. The van der Waals surface area contributed by atoms with E-state index in [0.717, 1.165) is 6.42 Å². The van der Waals surface area contributed by atoms with Gasteiger partial charge in [-0.25, -0.2) is 0 Å². The maximum atomic E-state index is 4.63. The Labute approximate surface area is 127 Å². The minimum absolute atomic E-state index is 0.390. The third-order valence-corrected chi connectivity index (χ3v) is 4.49. The monoisotopic (exact) mass is 280 g/mol. The first kappa shape index (κ1) is 14.3. The van der Waals surface area contributed by atoms with Crippen LogP contribution in [0.5, 0.6) is 0 Å². The molecule has 1 heterocycles. The van der Waals surface area contributed by atoms with Crippen molar-refractivity contribution in [3.8, 4) is 0 Å². The van der Waals surface area contributed by atoms with Crippen LogP contribution in [0.4, 0.5) is 0 Å². The van der Waals surface area contributed by atoms with Crippen LogP contribution >= 0.6 is 0 Å². The van der Waals surface area contributed by atoms with Crippen LogP contribution in [0.2, 0.25) is 0 Å². The highest BCUT2D eigenvalue weighted by molar-refractivity contribution is 5.28. The molecule has 2 atom stereocenters. The Morgan fingerprint density at radius 2 is 2.05 bits per heavy atom. The normalized spacial score (nSPS) is 19.0. The molecule has 110 valence electrons. The summed E-state index contributed by atoms with van der Waals surface area (Å²) >= 11 is 0. The van der Waals surface area contributed by atoms with E-state index in [2.05, 4.69) is 60.5 Å². The molecular formula is C19H24N2. The van der Waals surface area contributed by atoms with Crippen LogP contribution < -0.4 is 5.32 Å². The van der Waals surface area contributed by atoms with Crippen LogP contribution in [0.15, 0.2) is 42.6 Å². The Hall–Kier alpha value is -1.67. The van der Waals surface area contributed by atoms with Gasteiger partial charge in [-0.2, -0.15) is 0 Å². The summed E-state index contributed by atoms with van der Waals surface area (Å²) < 4.78 is 0. The second-order valence-electron chi connectivity index (χ2n) is 6.03. The van der Waals surface area contributed by atoms with Crippen molar-refractivity contribution in [3.63, 3.8) is 0 Å². The molecule has 3 rings (SSSR count). The zero-order chi connectivity index (χ0) is 14.7. The number of hydrogen-bond acceptors (Lipinski definition) is 2. The standard InChI is InChI=1S/C19H24N2/c1-3-17(15-11-9-14(2)10-12-15)21-18-8-4-6-16-7-5-13-20-19(16)18/h5,7,9-13,17-18,21H,3-4,6,8H2,1-2H3. The Morgan fingerprint density at radius 3 is 2.81 bits per heavy atom. The Morgan fingerprint density at radius 1 is 1.24 bits per heavy atom. The first-order chi connectivity index (χ1) is 10.3. The highest BCUT2D eigenvalue weighted by Crippen LogP contribution is 2.31. The summed E-state index contributed by atoms with van der Waals surface area (Å²) in [6.07, 6.45) is 6.63. The summed E-state index contributed by atoms with van der Waals surface area (Å²) in [5.74, 6) is 0. The van der Waals surface area contributed by atoms with Gasteiger partial charge in [0.2, 0.25) is 0 Å². The molecule has 1 aliphatic carbocycles. The van der Waals surface area contributed by atoms with E-state index in [1.165, 1.54) is 41.6 Å². The molecule has 0 bridgehead atoms. The summed E-state index contributed by atoms with van der Waals surface area (Å²) in [5.41, 5.74) is 5.37. The number of benzene rings is 1. The van der Waals surface area contributed by atoms with Crippen LogP contribution in [0.1, 0.15) is 60.7 Å². The Bertz CT molecular complexity index is 589. The van der Waals surface area contributed by atoms with E-state index in [0.29, 0.717) is 12.1 Å². The van der Waals surface area contributed by atoms with Crippen molar-refractivity contribution in [2.75, 3.05) is 0 Å². The lowest BCUT2D eigenvalue weighted by molar-refractivity contribution is 0.385. The van der Waals surface area contributed by atoms with E-state index < -0.39 is 0 Å². The molecule has 0 fully saturated rings. The summed E-state index contributed by atoms with van der Waals surface area (Å²) in [4.78, 5) is 4.63. The average Bonchev–Trinajstić information content (AvgIpc) is 2.54. The molecule has 0 radical (unpaired) electrons. The first-order valence-corrected chi connectivity index (χ1v) is 8.04. The average molecular weight is 280 g/mol. The fraction of sp³-hybridized carbons (Fsp3) is 0.421. The van der Waals surface area contributed by atoms with Crippen molar-refractivity contribution >= 4 is 0 Å². The van der Waals surface area contributed by atoms with E-state index in [9.17, 15) is 0 Å². The smallest absolute Gasteiger partial charge is 0.0605 e. The van der Waals surface area contributed by atoms with E-state index in [-0.39, 0.29) is 0 Å². The minimum Gasteiger partial charge on any atom is -0.302 e. The Balaban J connectivity index is 1.80. The second-order valence-corrected chi connectivity index (χ2v) is 6.03. The second kappa shape index (κ2) is 6.40. The minimum atomic E-state index is 0.390. The zero-order valence-corrected chi connectivity index (χ0v) is 13.0. The molecule has 1 aliphatic rings. The lowest BCUT2D eigenvalue weighted by atomic mass is 9.90. The van der Waals surface area contributed by atoms with Crippen molar-refractivity contribution in [2.45, 2.75) is 51.6 Å². The molecule has 0 amide bonds. The van der Waals surface area contributed by atoms with Gasteiger partial charge in [0.25, 0.3) is 0 Å². The van der Waals surface area contributed by atoms with Gasteiger partial charge in [0.1, 0.15) is 0 Å². The van der Waals surface area contributed by atoms with Crippen LogP contribution in [-0.4, -0.2) is 4.98 Å². The molecule has 0 aliphatic heterocycles. The molecule has 2 nitrogen and oxygen atoms in total. The van der Waals surface area contributed by atoms with Crippen molar-refractivity contribution < 1.29 is 0 Å². The molecule has 2 heteroatoms. The van der Waals surface area contributed by atoms with Gasteiger partial charge in [0, 0.05) is 12.2 Å². The molecule has 1 N–H and O–H groups in total. The van der Waals surface area contributed by atoms with Crippen molar-refractivity contribution in [1.82, 2.24) is 10.3 Å². The number of hydrogen-bond donors (Lipinski definition) is 1. The molecule has 2 aromatic rings. The SMILES string of the molecule is CCC(NC1CCCc2cccnc21)c1ccc(C)cc1. The van der Waals surface area contributed by atoms with Crippen molar-refractivity contribution in [1.29, 1.82) is 0 Å². The van der Waals surface area contributed by atoms with Gasteiger partial charge in [0.05, 0.1) is 11.7 Å². The maximum absolute atomic E-state index is 4.63. The number of rotatable bonds is 4. The summed E-state index contributed by atoms with van der Waals surface area (Å²) in [5, 5.41) is 3.84. The number of pyridine rings is 1. The highest BCUT2D eigenvalue weighted by Gasteiger charge is 2.23. The summed E-state index contributed by atoms with van der Waals surface area (Å²) in [6.45, 7) is 4.39. The van der Waals surface area contributed by atoms with Gasteiger partial charge in [-0.15, -0.1) is 0 Å². The molecule has 2 unspecified atom stereocenters. The van der Waals surface area contributed by atoms with Gasteiger partial charge in [-0.05, 0) is 49.8 Å². The zero-order valence-electron chi connectivity index (χ0n) is 13.0. The molecule has 0 saturated carbocycles. The number of aryl methyl sites for hydroxylation is 2. The van der Waals surface area contributed by atoms with Gasteiger partial charge < -0.3 is 5.32 Å². The van der Waals surface area contributed by atoms with E-state index in [1.807, 2.05) is 6.20 Å². The molecule has 0 saturated heterocycles. The third kappa shape index (κ3) is 3.16. The van der Waals surface area contributed by atoms with E-state index >= 15 is 0 Å². The quantitative estimate of drug-likeness (QED) is 0.891. The van der Waals surface area contributed by atoms with E-state index in [1.54, 1.807) is 0 Å². The van der Waals surface area contributed by atoms with Crippen molar-refractivity contribution in [3.05, 3.63) is 65.0 Å². The molecule has 1 aromatic heterocycles. The maximum Gasteiger partial charge on any atom is 0.0605 e.